The fourth-order valence-electron chi connectivity index (χ4n) is 1.87. The number of aliphatic carboxylic acids is 1. The van der Waals surface area contributed by atoms with Gasteiger partial charge < -0.3 is 10.4 Å². The van der Waals surface area contributed by atoms with Gasteiger partial charge in [0.2, 0.25) is 5.91 Å². The molecule has 0 radical (unpaired) electrons. The van der Waals surface area contributed by atoms with Crippen molar-refractivity contribution in [2.24, 2.45) is 0 Å². The van der Waals surface area contributed by atoms with Gasteiger partial charge in [0.05, 0.1) is 0 Å². The Morgan fingerprint density at radius 2 is 1.79 bits per heavy atom. The van der Waals surface area contributed by atoms with E-state index in [0.29, 0.717) is 0 Å². The van der Waals surface area contributed by atoms with E-state index in [1.54, 1.807) is 0 Å². The predicted octanol–water partition coefficient (Wildman–Crippen LogP) is 2.40. The molecule has 0 aliphatic heterocycles. The van der Waals surface area contributed by atoms with E-state index < -0.39 is 11.9 Å². The Balaban J connectivity index is 2.54. The first-order chi connectivity index (χ1) is 9.08. The van der Waals surface area contributed by atoms with E-state index in [2.05, 4.69) is 5.32 Å². The van der Waals surface area contributed by atoms with E-state index in [1.807, 2.05) is 42.5 Å². The predicted molar refractivity (Wildman–Crippen MR) is 73.4 cm³/mol. The molecular weight excluding hydrogens is 242 g/mol. The van der Waals surface area contributed by atoms with Crippen LogP contribution in [0.15, 0.2) is 48.2 Å². The Bertz CT molecular complexity index is 669. The van der Waals surface area contributed by atoms with Gasteiger partial charge in [0.15, 0.2) is 0 Å². The van der Waals surface area contributed by atoms with E-state index in [9.17, 15) is 9.59 Å². The van der Waals surface area contributed by atoms with Crippen LogP contribution >= 0.6 is 0 Å². The molecule has 96 valence electrons. The van der Waals surface area contributed by atoms with Crippen molar-refractivity contribution in [3.63, 3.8) is 0 Å². The Morgan fingerprint density at radius 3 is 2.47 bits per heavy atom. The largest absolute Gasteiger partial charge is 0.477 e. The zero-order chi connectivity index (χ0) is 13.8. The zero-order valence-electron chi connectivity index (χ0n) is 10.4. The molecule has 0 aliphatic rings. The van der Waals surface area contributed by atoms with Crippen molar-refractivity contribution in [3.8, 4) is 0 Å². The van der Waals surface area contributed by atoms with Crippen molar-refractivity contribution in [1.82, 2.24) is 5.32 Å². The lowest BCUT2D eigenvalue weighted by Gasteiger charge is -2.05. The molecule has 0 fully saturated rings. The molecule has 0 atom stereocenters. The van der Waals surface area contributed by atoms with Crippen molar-refractivity contribution < 1.29 is 14.7 Å². The molecule has 4 heteroatoms. The van der Waals surface area contributed by atoms with Gasteiger partial charge in [-0.1, -0.05) is 42.5 Å². The van der Waals surface area contributed by atoms with E-state index in [1.165, 1.54) is 13.0 Å². The van der Waals surface area contributed by atoms with Crippen LogP contribution in [0.1, 0.15) is 12.5 Å². The molecule has 1 amide bonds. The summed E-state index contributed by atoms with van der Waals surface area (Å²) in [5, 5.41) is 13.3. The zero-order valence-corrected chi connectivity index (χ0v) is 10.4. The molecule has 2 aromatic rings. The number of carboxylic acid groups (broad SMARTS) is 1. The average molecular weight is 255 g/mol. The van der Waals surface area contributed by atoms with Crippen LogP contribution in [0.4, 0.5) is 0 Å². The van der Waals surface area contributed by atoms with Gasteiger partial charge in [0, 0.05) is 6.92 Å². The molecule has 0 spiro atoms. The van der Waals surface area contributed by atoms with Gasteiger partial charge in [-0.3, -0.25) is 4.79 Å². The fourth-order valence-corrected chi connectivity index (χ4v) is 1.87. The third-order valence-corrected chi connectivity index (χ3v) is 2.66. The fraction of sp³-hybridized carbons (Fsp3) is 0.0667. The summed E-state index contributed by atoms with van der Waals surface area (Å²) in [4.78, 5) is 22.1. The van der Waals surface area contributed by atoms with Crippen LogP contribution in [0.5, 0.6) is 0 Å². The Kier molecular flexibility index (Phi) is 3.61. The molecule has 2 rings (SSSR count). The molecule has 0 bridgehead atoms. The Hall–Kier alpha value is -2.62. The molecule has 0 saturated carbocycles. The molecule has 19 heavy (non-hydrogen) atoms. The van der Waals surface area contributed by atoms with Crippen LogP contribution in [0.3, 0.4) is 0 Å². The van der Waals surface area contributed by atoms with Gasteiger partial charge in [0.25, 0.3) is 0 Å². The summed E-state index contributed by atoms with van der Waals surface area (Å²) < 4.78 is 0. The van der Waals surface area contributed by atoms with Crippen molar-refractivity contribution >= 4 is 28.7 Å². The third kappa shape index (κ3) is 2.98. The van der Waals surface area contributed by atoms with Crippen LogP contribution in [-0.2, 0) is 9.59 Å². The molecule has 2 N–H and O–H groups in total. The summed E-state index contributed by atoms with van der Waals surface area (Å²) in [6, 6.07) is 13.3. The summed E-state index contributed by atoms with van der Waals surface area (Å²) >= 11 is 0. The average Bonchev–Trinajstić information content (AvgIpc) is 2.37. The lowest BCUT2D eigenvalue weighted by atomic mass is 10.0. The number of rotatable bonds is 3. The number of hydrogen-bond acceptors (Lipinski definition) is 2. The number of nitrogens with one attached hydrogen (secondary N) is 1. The maximum atomic E-state index is 11.1. The van der Waals surface area contributed by atoms with Crippen LogP contribution in [-0.4, -0.2) is 17.0 Å². The standard InChI is InChI=1S/C15H13NO3/c1-10(17)16-14(15(18)19)9-12-7-4-6-11-5-2-3-8-13(11)12/h2-9H,1H3,(H,16,17)(H,18,19)/b14-9+. The van der Waals surface area contributed by atoms with Gasteiger partial charge in [-0.05, 0) is 22.4 Å². The first-order valence-corrected chi connectivity index (χ1v) is 5.78. The summed E-state index contributed by atoms with van der Waals surface area (Å²) in [6.45, 7) is 1.28. The van der Waals surface area contributed by atoms with Crippen LogP contribution in [0, 0.1) is 0 Å². The number of fused-ring (bicyclic) bond motifs is 1. The summed E-state index contributed by atoms with van der Waals surface area (Å²) in [7, 11) is 0. The minimum atomic E-state index is -1.16. The summed E-state index contributed by atoms with van der Waals surface area (Å²) in [5.74, 6) is -1.57. The molecule has 0 unspecified atom stereocenters. The van der Waals surface area contributed by atoms with E-state index >= 15 is 0 Å². The van der Waals surface area contributed by atoms with Crippen molar-refractivity contribution in [1.29, 1.82) is 0 Å². The van der Waals surface area contributed by atoms with Gasteiger partial charge in [-0.15, -0.1) is 0 Å². The van der Waals surface area contributed by atoms with Gasteiger partial charge in [0.1, 0.15) is 5.70 Å². The second-order valence-corrected chi connectivity index (χ2v) is 4.11. The van der Waals surface area contributed by atoms with Crippen LogP contribution in [0.2, 0.25) is 0 Å². The Labute approximate surface area is 110 Å². The number of amides is 1. The molecule has 4 nitrogen and oxygen atoms in total. The molecule has 2 aromatic carbocycles. The smallest absolute Gasteiger partial charge is 0.352 e. The molecule has 0 aromatic heterocycles. The molecular formula is C15H13NO3. The number of carboxylic acids is 1. The highest BCUT2D eigenvalue weighted by Crippen LogP contribution is 2.20. The monoisotopic (exact) mass is 255 g/mol. The second kappa shape index (κ2) is 5.35. The lowest BCUT2D eigenvalue weighted by Crippen LogP contribution is -2.24. The highest BCUT2D eigenvalue weighted by molar-refractivity contribution is 5.99. The number of carbonyl (C=O) groups is 2. The first kappa shape index (κ1) is 12.8. The minimum Gasteiger partial charge on any atom is -0.477 e. The number of benzene rings is 2. The quantitative estimate of drug-likeness (QED) is 0.828. The van der Waals surface area contributed by atoms with Crippen molar-refractivity contribution in [2.45, 2.75) is 6.92 Å². The highest BCUT2D eigenvalue weighted by atomic mass is 16.4. The maximum Gasteiger partial charge on any atom is 0.352 e. The maximum absolute atomic E-state index is 11.1. The molecule has 0 saturated heterocycles. The van der Waals surface area contributed by atoms with Crippen LogP contribution in [0.25, 0.3) is 16.8 Å². The Morgan fingerprint density at radius 1 is 1.11 bits per heavy atom. The normalized spacial score (nSPS) is 11.3. The summed E-state index contributed by atoms with van der Waals surface area (Å²) in [5.41, 5.74) is 0.619. The first-order valence-electron chi connectivity index (χ1n) is 5.78. The van der Waals surface area contributed by atoms with E-state index in [-0.39, 0.29) is 5.70 Å². The topological polar surface area (TPSA) is 66.4 Å². The second-order valence-electron chi connectivity index (χ2n) is 4.11. The van der Waals surface area contributed by atoms with E-state index in [0.717, 1.165) is 16.3 Å². The van der Waals surface area contributed by atoms with Gasteiger partial charge in [-0.2, -0.15) is 0 Å². The van der Waals surface area contributed by atoms with Crippen molar-refractivity contribution in [3.05, 3.63) is 53.7 Å². The van der Waals surface area contributed by atoms with Crippen molar-refractivity contribution in [2.75, 3.05) is 0 Å². The van der Waals surface area contributed by atoms with Gasteiger partial charge >= 0.3 is 5.97 Å². The lowest BCUT2D eigenvalue weighted by molar-refractivity contribution is -0.134. The molecule has 0 aliphatic carbocycles. The SMILES string of the molecule is CC(=O)N/C(=C/c1cccc2ccccc12)C(=O)O. The van der Waals surface area contributed by atoms with Crippen LogP contribution < -0.4 is 5.32 Å². The van der Waals surface area contributed by atoms with Gasteiger partial charge in [-0.25, -0.2) is 4.79 Å². The number of hydrogen-bond donors (Lipinski definition) is 2. The minimum absolute atomic E-state index is 0.135. The highest BCUT2D eigenvalue weighted by Gasteiger charge is 2.09. The van der Waals surface area contributed by atoms with E-state index in [4.69, 9.17) is 5.11 Å². The summed E-state index contributed by atoms with van der Waals surface area (Å²) in [6.07, 6.45) is 1.46. The molecule has 0 heterocycles. The third-order valence-electron chi connectivity index (χ3n) is 2.66. The number of carbonyl (C=O) groups excluding carboxylic acids is 1.